The van der Waals surface area contributed by atoms with E-state index in [1.165, 1.54) is 20.3 Å². The monoisotopic (exact) mass is 399 g/mol. The summed E-state index contributed by atoms with van der Waals surface area (Å²) in [5.41, 5.74) is 0. The number of ether oxygens (including phenoxy) is 2. The third kappa shape index (κ3) is 6.07. The molecular weight excluding hydrogens is 366 g/mol. The van der Waals surface area contributed by atoms with Crippen LogP contribution in [-0.4, -0.2) is 78.3 Å². The van der Waals surface area contributed by atoms with Crippen molar-refractivity contribution < 1.29 is 17.9 Å². The Morgan fingerprint density at radius 2 is 1.78 bits per heavy atom. The van der Waals surface area contributed by atoms with Crippen LogP contribution in [0.15, 0.2) is 23.1 Å². The van der Waals surface area contributed by atoms with Crippen LogP contribution in [0.3, 0.4) is 0 Å². The van der Waals surface area contributed by atoms with Crippen molar-refractivity contribution in [2.75, 3.05) is 54.0 Å². The number of hydrogen-bond donors (Lipinski definition) is 1. The molecule has 1 saturated heterocycles. The van der Waals surface area contributed by atoms with Crippen molar-refractivity contribution >= 4 is 10.0 Å². The van der Waals surface area contributed by atoms with Crippen molar-refractivity contribution in [1.82, 2.24) is 14.5 Å². The first-order valence-electron chi connectivity index (χ1n) is 9.41. The molecule has 1 aliphatic rings. The molecule has 1 unspecified atom stereocenters. The van der Waals surface area contributed by atoms with Gasteiger partial charge in [-0.1, -0.05) is 13.8 Å². The second-order valence-electron chi connectivity index (χ2n) is 7.49. The van der Waals surface area contributed by atoms with Crippen molar-refractivity contribution in [3.05, 3.63) is 18.2 Å². The lowest BCUT2D eigenvalue weighted by atomic mass is 10.0. The molecule has 0 aliphatic carbocycles. The van der Waals surface area contributed by atoms with Crippen LogP contribution in [-0.2, 0) is 10.0 Å². The van der Waals surface area contributed by atoms with Crippen LogP contribution < -0.4 is 14.2 Å². The molecule has 1 fully saturated rings. The van der Waals surface area contributed by atoms with Crippen LogP contribution in [0.1, 0.15) is 20.3 Å². The van der Waals surface area contributed by atoms with Gasteiger partial charge in [0.25, 0.3) is 0 Å². The van der Waals surface area contributed by atoms with Crippen LogP contribution in [0.2, 0.25) is 0 Å². The number of nitrogens with one attached hydrogen (secondary N) is 1. The highest BCUT2D eigenvalue weighted by Crippen LogP contribution is 2.28. The van der Waals surface area contributed by atoms with E-state index >= 15 is 0 Å². The molecule has 0 aromatic heterocycles. The Balaban J connectivity index is 2.15. The van der Waals surface area contributed by atoms with Gasteiger partial charge in [0.1, 0.15) is 16.4 Å². The van der Waals surface area contributed by atoms with Crippen molar-refractivity contribution in [2.45, 2.75) is 31.2 Å². The van der Waals surface area contributed by atoms with E-state index in [2.05, 4.69) is 35.4 Å². The Morgan fingerprint density at radius 3 is 2.33 bits per heavy atom. The fourth-order valence-electron chi connectivity index (χ4n) is 3.37. The molecule has 1 aromatic carbocycles. The lowest BCUT2D eigenvalue weighted by molar-refractivity contribution is 0.102. The van der Waals surface area contributed by atoms with Gasteiger partial charge >= 0.3 is 0 Å². The molecule has 1 aliphatic heterocycles. The zero-order valence-electron chi connectivity index (χ0n) is 17.1. The van der Waals surface area contributed by atoms with E-state index in [-0.39, 0.29) is 10.9 Å². The summed E-state index contributed by atoms with van der Waals surface area (Å²) in [6.45, 7) is 8.64. The van der Waals surface area contributed by atoms with Gasteiger partial charge in [0.05, 0.1) is 14.2 Å². The largest absolute Gasteiger partial charge is 0.497 e. The smallest absolute Gasteiger partial charge is 0.244 e. The lowest BCUT2D eigenvalue weighted by Gasteiger charge is -2.38. The third-order valence-corrected chi connectivity index (χ3v) is 6.41. The number of methoxy groups -OCH3 is 2. The molecule has 0 spiro atoms. The van der Waals surface area contributed by atoms with Crippen LogP contribution in [0.25, 0.3) is 0 Å². The number of rotatable bonds is 9. The van der Waals surface area contributed by atoms with Gasteiger partial charge < -0.3 is 14.4 Å². The SMILES string of the molecule is COc1ccc(OC)c(S(=O)(=O)NCC(CC(C)C)N2CCN(C)CC2)c1. The van der Waals surface area contributed by atoms with Gasteiger partial charge in [0.2, 0.25) is 10.0 Å². The predicted molar refractivity (Wildman–Crippen MR) is 107 cm³/mol. The maximum absolute atomic E-state index is 12.9. The molecule has 0 bridgehead atoms. The Labute approximate surface area is 163 Å². The van der Waals surface area contributed by atoms with Crippen molar-refractivity contribution in [1.29, 1.82) is 0 Å². The molecule has 1 atom stereocenters. The van der Waals surface area contributed by atoms with E-state index in [9.17, 15) is 8.42 Å². The Bertz CT molecular complexity index is 701. The average Bonchev–Trinajstić information content (AvgIpc) is 2.65. The molecule has 8 heteroatoms. The van der Waals surface area contributed by atoms with Gasteiger partial charge in [-0.25, -0.2) is 13.1 Å². The number of sulfonamides is 1. The standard InChI is InChI=1S/C19H33N3O4S/c1-15(2)12-16(22-10-8-21(3)9-11-22)14-20-27(23,24)19-13-17(25-4)6-7-18(19)26-5/h6-7,13,15-16,20H,8-12,14H2,1-5H3. The molecule has 1 heterocycles. The average molecular weight is 400 g/mol. The summed E-state index contributed by atoms with van der Waals surface area (Å²) in [4.78, 5) is 4.80. The second kappa shape index (κ2) is 9.73. The van der Waals surface area contributed by atoms with E-state index < -0.39 is 10.0 Å². The van der Waals surface area contributed by atoms with Gasteiger partial charge in [-0.2, -0.15) is 0 Å². The molecule has 2 rings (SSSR count). The Hall–Kier alpha value is -1.35. The molecule has 27 heavy (non-hydrogen) atoms. The summed E-state index contributed by atoms with van der Waals surface area (Å²) in [5.74, 6) is 1.28. The van der Waals surface area contributed by atoms with Crippen molar-refractivity contribution in [3.63, 3.8) is 0 Å². The molecular formula is C19H33N3O4S. The van der Waals surface area contributed by atoms with Crippen LogP contribution >= 0.6 is 0 Å². The van der Waals surface area contributed by atoms with Gasteiger partial charge in [-0.15, -0.1) is 0 Å². The second-order valence-corrected chi connectivity index (χ2v) is 9.23. The van der Waals surface area contributed by atoms with Gasteiger partial charge in [0, 0.05) is 44.8 Å². The summed E-state index contributed by atoms with van der Waals surface area (Å²) in [7, 11) is 1.39. The van der Waals surface area contributed by atoms with Crippen LogP contribution in [0, 0.1) is 5.92 Å². The molecule has 0 saturated carbocycles. The molecule has 7 nitrogen and oxygen atoms in total. The van der Waals surface area contributed by atoms with Crippen LogP contribution in [0.4, 0.5) is 0 Å². The van der Waals surface area contributed by atoms with Crippen molar-refractivity contribution in [3.8, 4) is 11.5 Å². The molecule has 0 amide bonds. The van der Waals surface area contributed by atoms with E-state index in [1.807, 2.05) is 0 Å². The van der Waals surface area contributed by atoms with Gasteiger partial charge in [-0.05, 0) is 31.5 Å². The maximum Gasteiger partial charge on any atom is 0.244 e. The fourth-order valence-corrected chi connectivity index (χ4v) is 4.63. The highest BCUT2D eigenvalue weighted by molar-refractivity contribution is 7.89. The summed E-state index contributed by atoms with van der Waals surface area (Å²) in [6.07, 6.45) is 0.946. The highest BCUT2D eigenvalue weighted by Gasteiger charge is 2.27. The van der Waals surface area contributed by atoms with Gasteiger partial charge in [0.15, 0.2) is 0 Å². The summed E-state index contributed by atoms with van der Waals surface area (Å²) >= 11 is 0. The fraction of sp³-hybridized carbons (Fsp3) is 0.684. The maximum atomic E-state index is 12.9. The number of likely N-dealkylation sites (N-methyl/N-ethyl adjacent to an activating group) is 1. The highest BCUT2D eigenvalue weighted by atomic mass is 32.2. The minimum atomic E-state index is -3.71. The quantitative estimate of drug-likeness (QED) is 0.681. The summed E-state index contributed by atoms with van der Waals surface area (Å²) in [5, 5.41) is 0. The first kappa shape index (κ1) is 21.9. The normalized spacial score (nSPS) is 17.9. The molecule has 154 valence electrons. The van der Waals surface area contributed by atoms with E-state index in [0.29, 0.717) is 24.0 Å². The predicted octanol–water partition coefficient (Wildman–Crippen LogP) is 1.64. The van der Waals surface area contributed by atoms with E-state index in [1.54, 1.807) is 12.1 Å². The molecule has 0 radical (unpaired) electrons. The Kier molecular flexibility index (Phi) is 7.91. The zero-order chi connectivity index (χ0) is 20.0. The minimum Gasteiger partial charge on any atom is -0.497 e. The van der Waals surface area contributed by atoms with Crippen LogP contribution in [0.5, 0.6) is 11.5 Å². The van der Waals surface area contributed by atoms with Gasteiger partial charge in [-0.3, -0.25) is 4.90 Å². The first-order valence-corrected chi connectivity index (χ1v) is 10.9. The number of nitrogens with zero attached hydrogens (tertiary/aromatic N) is 2. The zero-order valence-corrected chi connectivity index (χ0v) is 17.9. The van der Waals surface area contributed by atoms with Crippen molar-refractivity contribution in [2.24, 2.45) is 5.92 Å². The number of piperazine rings is 1. The third-order valence-electron chi connectivity index (χ3n) is 4.97. The minimum absolute atomic E-state index is 0.103. The first-order chi connectivity index (χ1) is 12.8. The molecule has 1 N–H and O–H groups in total. The summed E-state index contributed by atoms with van der Waals surface area (Å²) in [6, 6.07) is 4.96. The number of hydrogen-bond acceptors (Lipinski definition) is 6. The lowest BCUT2D eigenvalue weighted by Crippen LogP contribution is -2.52. The van der Waals surface area contributed by atoms with E-state index in [0.717, 1.165) is 32.6 Å². The summed E-state index contributed by atoms with van der Waals surface area (Å²) < 4.78 is 39.1. The number of benzene rings is 1. The molecule has 1 aromatic rings. The Morgan fingerprint density at radius 1 is 1.11 bits per heavy atom. The topological polar surface area (TPSA) is 71.1 Å². The van der Waals surface area contributed by atoms with E-state index in [4.69, 9.17) is 9.47 Å².